The van der Waals surface area contributed by atoms with Gasteiger partial charge in [-0.2, -0.15) is 0 Å². The fourth-order valence-corrected chi connectivity index (χ4v) is 1.57. The van der Waals surface area contributed by atoms with Crippen molar-refractivity contribution in [3.05, 3.63) is 29.8 Å². The van der Waals surface area contributed by atoms with Gasteiger partial charge in [0, 0.05) is 25.3 Å². The lowest BCUT2D eigenvalue weighted by molar-refractivity contribution is 0.188. The second-order valence-electron chi connectivity index (χ2n) is 3.77. The van der Waals surface area contributed by atoms with E-state index in [1.165, 1.54) is 5.56 Å². The summed E-state index contributed by atoms with van der Waals surface area (Å²) < 4.78 is 0. The van der Waals surface area contributed by atoms with E-state index in [9.17, 15) is 5.11 Å². The first-order valence-electron chi connectivity index (χ1n) is 5.37. The van der Waals surface area contributed by atoms with E-state index in [4.69, 9.17) is 5.73 Å². The van der Waals surface area contributed by atoms with Gasteiger partial charge in [-0.25, -0.2) is 0 Å². The van der Waals surface area contributed by atoms with Gasteiger partial charge in [-0.1, -0.05) is 12.1 Å². The Hall–Kier alpha value is -1.06. The SMILES string of the molecule is CCN(CC(O)CN)c1cccc(C)c1. The molecule has 0 fully saturated rings. The Morgan fingerprint density at radius 2 is 2.20 bits per heavy atom. The number of hydrogen-bond donors (Lipinski definition) is 2. The maximum absolute atomic E-state index is 9.52. The van der Waals surface area contributed by atoms with Crippen molar-refractivity contribution >= 4 is 5.69 Å². The van der Waals surface area contributed by atoms with E-state index < -0.39 is 6.10 Å². The number of aliphatic hydroxyl groups excluding tert-OH is 1. The topological polar surface area (TPSA) is 49.5 Å². The van der Waals surface area contributed by atoms with Gasteiger partial charge in [-0.05, 0) is 31.5 Å². The van der Waals surface area contributed by atoms with Crippen molar-refractivity contribution in [2.24, 2.45) is 5.73 Å². The quantitative estimate of drug-likeness (QED) is 0.763. The molecule has 0 aliphatic heterocycles. The predicted molar refractivity (Wildman–Crippen MR) is 64.1 cm³/mol. The second kappa shape index (κ2) is 5.73. The number of aliphatic hydroxyl groups is 1. The molecule has 0 radical (unpaired) electrons. The van der Waals surface area contributed by atoms with E-state index in [-0.39, 0.29) is 0 Å². The van der Waals surface area contributed by atoms with Crippen LogP contribution in [0.3, 0.4) is 0 Å². The van der Waals surface area contributed by atoms with Gasteiger partial charge >= 0.3 is 0 Å². The van der Waals surface area contributed by atoms with Crippen molar-refractivity contribution in [2.75, 3.05) is 24.5 Å². The molecule has 0 heterocycles. The maximum Gasteiger partial charge on any atom is 0.0836 e. The lowest BCUT2D eigenvalue weighted by atomic mass is 10.2. The molecule has 1 atom stereocenters. The summed E-state index contributed by atoms with van der Waals surface area (Å²) >= 11 is 0. The highest BCUT2D eigenvalue weighted by Crippen LogP contribution is 2.15. The first kappa shape index (κ1) is 12.0. The molecule has 3 N–H and O–H groups in total. The number of likely N-dealkylation sites (N-methyl/N-ethyl adjacent to an activating group) is 1. The van der Waals surface area contributed by atoms with Crippen LogP contribution in [0.15, 0.2) is 24.3 Å². The smallest absolute Gasteiger partial charge is 0.0836 e. The number of hydrogen-bond acceptors (Lipinski definition) is 3. The lowest BCUT2D eigenvalue weighted by Crippen LogP contribution is -2.36. The minimum atomic E-state index is -0.453. The molecule has 0 aliphatic carbocycles. The van der Waals surface area contributed by atoms with Gasteiger partial charge in [0.05, 0.1) is 6.10 Å². The molecular formula is C12H20N2O. The van der Waals surface area contributed by atoms with Gasteiger partial charge in [0.25, 0.3) is 0 Å². The molecule has 0 saturated carbocycles. The summed E-state index contributed by atoms with van der Waals surface area (Å²) in [4.78, 5) is 2.13. The van der Waals surface area contributed by atoms with Crippen LogP contribution in [0.5, 0.6) is 0 Å². The molecule has 84 valence electrons. The normalized spacial score (nSPS) is 12.5. The summed E-state index contributed by atoms with van der Waals surface area (Å²) in [5.74, 6) is 0. The molecule has 3 nitrogen and oxygen atoms in total. The number of benzene rings is 1. The molecular weight excluding hydrogens is 188 g/mol. The minimum Gasteiger partial charge on any atom is -0.390 e. The molecule has 1 unspecified atom stereocenters. The van der Waals surface area contributed by atoms with Crippen LogP contribution in [-0.4, -0.2) is 30.8 Å². The van der Waals surface area contributed by atoms with Crippen molar-refractivity contribution in [3.63, 3.8) is 0 Å². The van der Waals surface area contributed by atoms with Crippen molar-refractivity contribution in [3.8, 4) is 0 Å². The van der Waals surface area contributed by atoms with E-state index in [0.29, 0.717) is 13.1 Å². The Morgan fingerprint density at radius 3 is 2.73 bits per heavy atom. The first-order valence-corrected chi connectivity index (χ1v) is 5.37. The molecule has 0 saturated heterocycles. The molecule has 0 aliphatic rings. The van der Waals surface area contributed by atoms with Gasteiger partial charge in [-0.15, -0.1) is 0 Å². The summed E-state index contributed by atoms with van der Waals surface area (Å²) in [6, 6.07) is 8.27. The zero-order valence-corrected chi connectivity index (χ0v) is 9.48. The molecule has 1 rings (SSSR count). The molecule has 3 heteroatoms. The summed E-state index contributed by atoms with van der Waals surface area (Å²) in [7, 11) is 0. The van der Waals surface area contributed by atoms with Crippen LogP contribution in [0.25, 0.3) is 0 Å². The van der Waals surface area contributed by atoms with Crippen molar-refractivity contribution in [1.29, 1.82) is 0 Å². The largest absolute Gasteiger partial charge is 0.390 e. The fraction of sp³-hybridized carbons (Fsp3) is 0.500. The monoisotopic (exact) mass is 208 g/mol. The highest BCUT2D eigenvalue weighted by molar-refractivity contribution is 5.48. The maximum atomic E-state index is 9.52. The van der Waals surface area contributed by atoms with Gasteiger partial charge in [0.2, 0.25) is 0 Å². The Bertz CT molecular complexity index is 301. The summed E-state index contributed by atoms with van der Waals surface area (Å²) in [6.07, 6.45) is -0.453. The number of rotatable bonds is 5. The lowest BCUT2D eigenvalue weighted by Gasteiger charge is -2.25. The Balaban J connectivity index is 2.73. The number of anilines is 1. The van der Waals surface area contributed by atoms with Gasteiger partial charge in [-0.3, -0.25) is 0 Å². The van der Waals surface area contributed by atoms with Gasteiger partial charge in [0.1, 0.15) is 0 Å². The molecule has 0 amide bonds. The Kier molecular flexibility index (Phi) is 4.59. The van der Waals surface area contributed by atoms with Crippen LogP contribution < -0.4 is 10.6 Å². The summed E-state index contributed by atoms with van der Waals surface area (Å²) in [5, 5.41) is 9.52. The van der Waals surface area contributed by atoms with Crippen LogP contribution in [0.4, 0.5) is 5.69 Å². The van der Waals surface area contributed by atoms with Gasteiger partial charge < -0.3 is 15.7 Å². The number of nitrogens with two attached hydrogens (primary N) is 1. The standard InChI is InChI=1S/C12H20N2O/c1-3-14(9-12(15)8-13)11-6-4-5-10(2)7-11/h4-7,12,15H,3,8-9,13H2,1-2H3. The third kappa shape index (κ3) is 3.53. The van der Waals surface area contributed by atoms with Crippen LogP contribution in [0.1, 0.15) is 12.5 Å². The fourth-order valence-electron chi connectivity index (χ4n) is 1.57. The average molecular weight is 208 g/mol. The molecule has 15 heavy (non-hydrogen) atoms. The van der Waals surface area contributed by atoms with E-state index in [0.717, 1.165) is 12.2 Å². The Morgan fingerprint density at radius 1 is 1.47 bits per heavy atom. The third-order valence-corrected chi connectivity index (χ3v) is 2.45. The number of aryl methyl sites for hydroxylation is 1. The van der Waals surface area contributed by atoms with E-state index in [1.54, 1.807) is 0 Å². The molecule has 1 aromatic carbocycles. The summed E-state index contributed by atoms with van der Waals surface area (Å²) in [6.45, 7) is 5.92. The van der Waals surface area contributed by atoms with Crippen molar-refractivity contribution in [1.82, 2.24) is 0 Å². The van der Waals surface area contributed by atoms with Crippen molar-refractivity contribution in [2.45, 2.75) is 20.0 Å². The van der Waals surface area contributed by atoms with Crippen LogP contribution >= 0.6 is 0 Å². The van der Waals surface area contributed by atoms with Gasteiger partial charge in [0.15, 0.2) is 0 Å². The molecule has 1 aromatic rings. The van der Waals surface area contributed by atoms with Crippen molar-refractivity contribution < 1.29 is 5.11 Å². The molecule has 0 bridgehead atoms. The average Bonchev–Trinajstić information content (AvgIpc) is 2.25. The molecule has 0 aromatic heterocycles. The zero-order valence-electron chi connectivity index (χ0n) is 9.48. The zero-order chi connectivity index (χ0) is 11.3. The van der Waals surface area contributed by atoms with Crippen LogP contribution in [0, 0.1) is 6.92 Å². The second-order valence-corrected chi connectivity index (χ2v) is 3.77. The third-order valence-electron chi connectivity index (χ3n) is 2.45. The highest BCUT2D eigenvalue weighted by atomic mass is 16.3. The molecule has 0 spiro atoms. The first-order chi connectivity index (χ1) is 7.17. The van der Waals surface area contributed by atoms with E-state index in [2.05, 4.69) is 36.9 Å². The van der Waals surface area contributed by atoms with E-state index >= 15 is 0 Å². The van der Waals surface area contributed by atoms with E-state index in [1.807, 2.05) is 6.07 Å². The highest BCUT2D eigenvalue weighted by Gasteiger charge is 2.09. The van der Waals surface area contributed by atoms with Crippen LogP contribution in [0.2, 0.25) is 0 Å². The van der Waals surface area contributed by atoms with Crippen LogP contribution in [-0.2, 0) is 0 Å². The summed E-state index contributed by atoms with van der Waals surface area (Å²) in [5.41, 5.74) is 7.78. The number of nitrogens with zero attached hydrogens (tertiary/aromatic N) is 1. The predicted octanol–water partition coefficient (Wildman–Crippen LogP) is 1.14. The Labute approximate surface area is 91.5 Å². The minimum absolute atomic E-state index is 0.308.